The van der Waals surface area contributed by atoms with Gasteiger partial charge in [-0.25, -0.2) is 4.79 Å². The first kappa shape index (κ1) is 19.4. The summed E-state index contributed by atoms with van der Waals surface area (Å²) in [5.41, 5.74) is 1.84. The second-order valence-electron chi connectivity index (χ2n) is 5.77. The Kier molecular flexibility index (Phi) is 7.14. The Bertz CT molecular complexity index is 692. The minimum atomic E-state index is -0.493. The van der Waals surface area contributed by atoms with Gasteiger partial charge >= 0.3 is 6.09 Å². The fourth-order valence-electron chi connectivity index (χ4n) is 2.54. The Morgan fingerprint density at radius 1 is 1.00 bits per heavy atom. The Morgan fingerprint density at radius 2 is 1.62 bits per heavy atom. The highest BCUT2D eigenvalue weighted by Gasteiger charge is 2.15. The largest absolute Gasteiger partial charge is 0.496 e. The summed E-state index contributed by atoms with van der Waals surface area (Å²) < 4.78 is 21.3. The fourth-order valence-corrected chi connectivity index (χ4v) is 2.54. The molecule has 0 fully saturated rings. The van der Waals surface area contributed by atoms with Crippen LogP contribution in [0, 0.1) is 0 Å². The van der Waals surface area contributed by atoms with Crippen molar-refractivity contribution in [3.63, 3.8) is 0 Å². The van der Waals surface area contributed by atoms with E-state index in [1.54, 1.807) is 33.5 Å². The molecular weight excluding hydrogens is 334 g/mol. The molecule has 1 N–H and O–H groups in total. The first-order chi connectivity index (χ1) is 12.6. The van der Waals surface area contributed by atoms with Crippen molar-refractivity contribution in [3.05, 3.63) is 53.6 Å². The van der Waals surface area contributed by atoms with E-state index in [9.17, 15) is 4.79 Å². The predicted molar refractivity (Wildman–Crippen MR) is 99.1 cm³/mol. The minimum Gasteiger partial charge on any atom is -0.496 e. The highest BCUT2D eigenvalue weighted by molar-refractivity contribution is 5.67. The average molecular weight is 359 g/mol. The monoisotopic (exact) mass is 359 g/mol. The molecular formula is C20H25NO5. The Labute approximate surface area is 154 Å². The lowest BCUT2D eigenvalue weighted by atomic mass is 10.0. The molecule has 2 rings (SSSR count). The molecule has 0 aliphatic heterocycles. The van der Waals surface area contributed by atoms with E-state index in [2.05, 4.69) is 5.32 Å². The van der Waals surface area contributed by atoms with Gasteiger partial charge in [0.15, 0.2) is 0 Å². The zero-order valence-corrected chi connectivity index (χ0v) is 15.6. The van der Waals surface area contributed by atoms with Gasteiger partial charge in [0.25, 0.3) is 0 Å². The maximum atomic E-state index is 12.0. The Balaban J connectivity index is 1.94. The van der Waals surface area contributed by atoms with Crippen LogP contribution in [0.2, 0.25) is 0 Å². The van der Waals surface area contributed by atoms with Gasteiger partial charge < -0.3 is 24.3 Å². The highest BCUT2D eigenvalue weighted by atomic mass is 16.5. The molecule has 0 radical (unpaired) electrons. The summed E-state index contributed by atoms with van der Waals surface area (Å²) in [5.74, 6) is 1.87. The molecule has 2 aromatic carbocycles. The van der Waals surface area contributed by atoms with Crippen molar-refractivity contribution >= 4 is 6.09 Å². The van der Waals surface area contributed by atoms with E-state index < -0.39 is 6.09 Å². The topological polar surface area (TPSA) is 66.0 Å². The predicted octanol–water partition coefficient (Wildman–Crippen LogP) is 3.74. The summed E-state index contributed by atoms with van der Waals surface area (Å²) >= 11 is 0. The van der Waals surface area contributed by atoms with E-state index in [1.807, 2.05) is 37.3 Å². The second-order valence-corrected chi connectivity index (χ2v) is 5.77. The van der Waals surface area contributed by atoms with Crippen LogP contribution >= 0.6 is 0 Å². The number of rotatable bonds is 8. The number of amides is 1. The van der Waals surface area contributed by atoms with Crippen LogP contribution in [0.4, 0.5) is 4.79 Å². The van der Waals surface area contributed by atoms with Crippen molar-refractivity contribution in [2.24, 2.45) is 0 Å². The molecule has 6 heteroatoms. The van der Waals surface area contributed by atoms with Gasteiger partial charge in [-0.3, -0.25) is 0 Å². The Morgan fingerprint density at radius 3 is 2.15 bits per heavy atom. The SMILES string of the molecule is COc1cc(OC)c(CNC(=O)OCC(C)c2ccccc2)c(OC)c1. The van der Waals surface area contributed by atoms with Crippen molar-refractivity contribution in [1.29, 1.82) is 0 Å². The summed E-state index contributed by atoms with van der Waals surface area (Å²) in [7, 11) is 4.67. The molecule has 0 aliphatic carbocycles. The van der Waals surface area contributed by atoms with Crippen LogP contribution in [0.25, 0.3) is 0 Å². The number of methoxy groups -OCH3 is 3. The van der Waals surface area contributed by atoms with Crippen LogP contribution in [-0.2, 0) is 11.3 Å². The van der Waals surface area contributed by atoms with E-state index in [0.717, 1.165) is 5.56 Å². The van der Waals surface area contributed by atoms with E-state index in [0.29, 0.717) is 29.4 Å². The van der Waals surface area contributed by atoms with Crippen LogP contribution in [0.1, 0.15) is 24.0 Å². The van der Waals surface area contributed by atoms with E-state index >= 15 is 0 Å². The lowest BCUT2D eigenvalue weighted by molar-refractivity contribution is 0.140. The maximum absolute atomic E-state index is 12.0. The summed E-state index contributed by atoms with van der Waals surface area (Å²) in [6, 6.07) is 13.4. The van der Waals surface area contributed by atoms with Crippen molar-refractivity contribution < 1.29 is 23.7 Å². The number of benzene rings is 2. The molecule has 0 aromatic heterocycles. The summed E-state index contributed by atoms with van der Waals surface area (Å²) in [5, 5.41) is 2.73. The third-order valence-electron chi connectivity index (χ3n) is 4.06. The van der Waals surface area contributed by atoms with E-state index in [-0.39, 0.29) is 12.5 Å². The molecule has 1 unspecified atom stereocenters. The third kappa shape index (κ3) is 5.05. The first-order valence-corrected chi connectivity index (χ1v) is 8.33. The summed E-state index contributed by atoms with van der Waals surface area (Å²) in [6.45, 7) is 2.53. The van der Waals surface area contributed by atoms with Crippen molar-refractivity contribution in [3.8, 4) is 17.2 Å². The number of carbonyl (C=O) groups excluding carboxylic acids is 1. The zero-order valence-electron chi connectivity index (χ0n) is 15.6. The quantitative estimate of drug-likeness (QED) is 0.778. The van der Waals surface area contributed by atoms with Crippen molar-refractivity contribution in [1.82, 2.24) is 5.32 Å². The standard InChI is InChI=1S/C20H25NO5/c1-14(15-8-6-5-7-9-15)13-26-20(22)21-12-17-18(24-3)10-16(23-2)11-19(17)25-4/h5-11,14H,12-13H2,1-4H3,(H,21,22). The van der Waals surface area contributed by atoms with Gasteiger partial charge in [-0.15, -0.1) is 0 Å². The van der Waals surface area contributed by atoms with Crippen LogP contribution in [-0.4, -0.2) is 34.0 Å². The number of hydrogen-bond donors (Lipinski definition) is 1. The fraction of sp³-hybridized carbons (Fsp3) is 0.350. The normalized spacial score (nSPS) is 11.4. The molecule has 6 nitrogen and oxygen atoms in total. The third-order valence-corrected chi connectivity index (χ3v) is 4.06. The molecule has 0 heterocycles. The summed E-state index contributed by atoms with van der Waals surface area (Å²) in [4.78, 5) is 12.0. The van der Waals surface area contributed by atoms with Crippen molar-refractivity contribution in [2.45, 2.75) is 19.4 Å². The number of carbonyl (C=O) groups is 1. The lowest BCUT2D eigenvalue weighted by Crippen LogP contribution is -2.25. The molecule has 140 valence electrons. The molecule has 0 saturated heterocycles. The molecule has 0 saturated carbocycles. The number of nitrogens with one attached hydrogen (secondary N) is 1. The van der Waals surface area contributed by atoms with Gasteiger partial charge in [0.2, 0.25) is 0 Å². The number of hydrogen-bond acceptors (Lipinski definition) is 5. The van der Waals surface area contributed by atoms with Gasteiger partial charge in [0, 0.05) is 18.1 Å². The maximum Gasteiger partial charge on any atom is 0.407 e. The van der Waals surface area contributed by atoms with Gasteiger partial charge in [-0.1, -0.05) is 37.3 Å². The lowest BCUT2D eigenvalue weighted by Gasteiger charge is -2.16. The number of ether oxygens (including phenoxy) is 4. The zero-order chi connectivity index (χ0) is 18.9. The Hall–Kier alpha value is -2.89. The van der Waals surface area contributed by atoms with Crippen LogP contribution in [0.15, 0.2) is 42.5 Å². The summed E-state index contributed by atoms with van der Waals surface area (Å²) in [6.07, 6.45) is -0.493. The van der Waals surface area contributed by atoms with E-state index in [4.69, 9.17) is 18.9 Å². The van der Waals surface area contributed by atoms with Gasteiger partial charge in [-0.05, 0) is 5.56 Å². The van der Waals surface area contributed by atoms with Gasteiger partial charge in [0.1, 0.15) is 17.2 Å². The minimum absolute atomic E-state index is 0.118. The van der Waals surface area contributed by atoms with E-state index in [1.165, 1.54) is 0 Å². The molecule has 0 spiro atoms. The first-order valence-electron chi connectivity index (χ1n) is 8.33. The molecule has 1 atom stereocenters. The molecule has 0 aliphatic rings. The highest BCUT2D eigenvalue weighted by Crippen LogP contribution is 2.33. The number of alkyl carbamates (subject to hydrolysis) is 1. The second kappa shape index (κ2) is 9.56. The van der Waals surface area contributed by atoms with Gasteiger partial charge in [0.05, 0.1) is 40.0 Å². The van der Waals surface area contributed by atoms with Crippen molar-refractivity contribution in [2.75, 3.05) is 27.9 Å². The molecule has 0 bridgehead atoms. The van der Waals surface area contributed by atoms with Crippen LogP contribution in [0.5, 0.6) is 17.2 Å². The molecule has 2 aromatic rings. The molecule has 26 heavy (non-hydrogen) atoms. The van der Waals surface area contributed by atoms with Gasteiger partial charge in [-0.2, -0.15) is 0 Å². The molecule has 1 amide bonds. The average Bonchev–Trinajstić information content (AvgIpc) is 2.70. The van der Waals surface area contributed by atoms with Crippen LogP contribution < -0.4 is 19.5 Å². The van der Waals surface area contributed by atoms with Crippen LogP contribution in [0.3, 0.4) is 0 Å². The smallest absolute Gasteiger partial charge is 0.407 e.